The molecule has 6 heteroatoms. The maximum absolute atomic E-state index is 12.2. The molecule has 2 saturated heterocycles. The topological polar surface area (TPSA) is 38.8 Å². The van der Waals surface area contributed by atoms with Crippen molar-refractivity contribution in [2.24, 2.45) is 5.92 Å². The van der Waals surface area contributed by atoms with Crippen molar-refractivity contribution in [3.63, 3.8) is 0 Å². The van der Waals surface area contributed by atoms with E-state index in [1.165, 1.54) is 11.3 Å². The summed E-state index contributed by atoms with van der Waals surface area (Å²) in [6.45, 7) is 4.86. The van der Waals surface area contributed by atoms with E-state index in [2.05, 4.69) is 0 Å². The Kier molecular flexibility index (Phi) is 4.88. The molecule has 1 aromatic heterocycles. The summed E-state index contributed by atoms with van der Waals surface area (Å²) in [4.78, 5) is 15.1. The molecule has 0 bridgehead atoms. The summed E-state index contributed by atoms with van der Waals surface area (Å²) in [5.41, 5.74) is 0. The van der Waals surface area contributed by atoms with Crippen LogP contribution >= 0.6 is 22.9 Å². The van der Waals surface area contributed by atoms with Crippen molar-refractivity contribution in [2.45, 2.75) is 25.6 Å². The number of carbonyl (C=O) groups is 1. The summed E-state index contributed by atoms with van der Waals surface area (Å²) < 4.78 is 12.2. The van der Waals surface area contributed by atoms with Crippen molar-refractivity contribution < 1.29 is 14.3 Å². The molecule has 1 amide bonds. The van der Waals surface area contributed by atoms with Gasteiger partial charge in [-0.05, 0) is 38.0 Å². The van der Waals surface area contributed by atoms with Gasteiger partial charge >= 0.3 is 0 Å². The highest BCUT2D eigenvalue weighted by atomic mass is 35.5. The van der Waals surface area contributed by atoms with E-state index in [9.17, 15) is 4.79 Å². The van der Waals surface area contributed by atoms with Gasteiger partial charge in [0.05, 0.1) is 17.6 Å². The zero-order chi connectivity index (χ0) is 15.6. The van der Waals surface area contributed by atoms with Crippen LogP contribution in [0.15, 0.2) is 18.2 Å². The molecular formula is C16H20ClNO3S. The number of hydrogen-bond acceptors (Lipinski definition) is 4. The van der Waals surface area contributed by atoms with E-state index in [1.54, 1.807) is 6.08 Å². The minimum Gasteiger partial charge on any atom is -0.348 e. The van der Waals surface area contributed by atoms with Crippen molar-refractivity contribution in [1.29, 1.82) is 0 Å². The predicted molar refractivity (Wildman–Crippen MR) is 88.0 cm³/mol. The monoisotopic (exact) mass is 341 g/mol. The number of rotatable bonds is 3. The van der Waals surface area contributed by atoms with Gasteiger partial charge in [0.15, 0.2) is 5.79 Å². The molecule has 0 atom stereocenters. The second-order valence-corrected chi connectivity index (χ2v) is 7.53. The number of piperidine rings is 1. The number of likely N-dealkylation sites (tertiary alicyclic amines) is 1. The van der Waals surface area contributed by atoms with Crippen molar-refractivity contribution in [3.8, 4) is 0 Å². The van der Waals surface area contributed by atoms with Crippen LogP contribution < -0.4 is 0 Å². The third-order valence-electron chi connectivity index (χ3n) is 4.39. The average molecular weight is 342 g/mol. The largest absolute Gasteiger partial charge is 0.348 e. The minimum absolute atomic E-state index is 0.0568. The fourth-order valence-electron chi connectivity index (χ4n) is 3.07. The van der Waals surface area contributed by atoms with Crippen molar-refractivity contribution in [1.82, 2.24) is 4.90 Å². The Balaban J connectivity index is 1.52. The van der Waals surface area contributed by atoms with E-state index in [0.29, 0.717) is 19.1 Å². The summed E-state index contributed by atoms with van der Waals surface area (Å²) in [5, 5.41) is 0. The van der Waals surface area contributed by atoms with Gasteiger partial charge in [0, 0.05) is 30.0 Å². The molecular weight excluding hydrogens is 322 g/mol. The SMILES string of the molecule is CC1(C2CCN(C(=O)C=Cc3ccc(Cl)s3)CC2)OCCO1. The van der Waals surface area contributed by atoms with Crippen LogP contribution in [0, 0.1) is 5.92 Å². The molecule has 2 aliphatic heterocycles. The highest BCUT2D eigenvalue weighted by molar-refractivity contribution is 7.17. The van der Waals surface area contributed by atoms with Crippen LogP contribution in [0.5, 0.6) is 0 Å². The lowest BCUT2D eigenvalue weighted by Crippen LogP contribution is -2.45. The van der Waals surface area contributed by atoms with Gasteiger partial charge in [0.2, 0.25) is 5.91 Å². The molecule has 2 fully saturated rings. The maximum atomic E-state index is 12.2. The molecule has 0 unspecified atom stereocenters. The van der Waals surface area contributed by atoms with Crippen LogP contribution in [0.2, 0.25) is 4.34 Å². The van der Waals surface area contributed by atoms with Crippen LogP contribution in [-0.2, 0) is 14.3 Å². The molecule has 1 aromatic rings. The number of amides is 1. The van der Waals surface area contributed by atoms with Gasteiger partial charge in [0.1, 0.15) is 0 Å². The Morgan fingerprint density at radius 1 is 1.36 bits per heavy atom. The Labute approximate surface area is 139 Å². The van der Waals surface area contributed by atoms with E-state index < -0.39 is 5.79 Å². The number of thiophene rings is 1. The zero-order valence-corrected chi connectivity index (χ0v) is 14.2. The summed E-state index contributed by atoms with van der Waals surface area (Å²) in [6, 6.07) is 3.75. The predicted octanol–water partition coefficient (Wildman–Crippen LogP) is 3.42. The van der Waals surface area contributed by atoms with Crippen LogP contribution in [0.3, 0.4) is 0 Å². The highest BCUT2D eigenvalue weighted by Gasteiger charge is 2.41. The van der Waals surface area contributed by atoms with E-state index in [1.807, 2.05) is 30.0 Å². The van der Waals surface area contributed by atoms with E-state index in [-0.39, 0.29) is 5.91 Å². The average Bonchev–Trinajstić information content (AvgIpc) is 3.14. The van der Waals surface area contributed by atoms with Crippen LogP contribution in [0.4, 0.5) is 0 Å². The molecule has 120 valence electrons. The molecule has 2 aliphatic rings. The number of hydrogen-bond donors (Lipinski definition) is 0. The minimum atomic E-state index is -0.460. The van der Waals surface area contributed by atoms with Crippen molar-refractivity contribution >= 4 is 34.9 Å². The fourth-order valence-corrected chi connectivity index (χ4v) is 4.03. The summed E-state index contributed by atoms with van der Waals surface area (Å²) in [6.07, 6.45) is 5.30. The van der Waals surface area contributed by atoms with Crippen LogP contribution in [0.1, 0.15) is 24.6 Å². The smallest absolute Gasteiger partial charge is 0.246 e. The third kappa shape index (κ3) is 3.54. The van der Waals surface area contributed by atoms with Gasteiger partial charge in [-0.3, -0.25) is 4.79 Å². The lowest BCUT2D eigenvalue weighted by atomic mass is 9.89. The molecule has 0 aromatic carbocycles. The van der Waals surface area contributed by atoms with E-state index >= 15 is 0 Å². The van der Waals surface area contributed by atoms with Gasteiger partial charge in [-0.15, -0.1) is 11.3 Å². The van der Waals surface area contributed by atoms with Crippen molar-refractivity contribution in [3.05, 3.63) is 27.4 Å². The number of nitrogens with zero attached hydrogens (tertiary/aromatic N) is 1. The fraction of sp³-hybridized carbons (Fsp3) is 0.562. The van der Waals surface area contributed by atoms with Crippen molar-refractivity contribution in [2.75, 3.05) is 26.3 Å². The Morgan fingerprint density at radius 3 is 2.64 bits per heavy atom. The van der Waals surface area contributed by atoms with Gasteiger partial charge < -0.3 is 14.4 Å². The second kappa shape index (κ2) is 6.71. The lowest BCUT2D eigenvalue weighted by Gasteiger charge is -2.38. The van der Waals surface area contributed by atoms with E-state index in [0.717, 1.165) is 35.1 Å². The molecule has 0 saturated carbocycles. The first-order chi connectivity index (χ1) is 10.6. The Morgan fingerprint density at radius 2 is 2.05 bits per heavy atom. The Bertz CT molecular complexity index is 557. The standard InChI is InChI=1S/C16H20ClNO3S/c1-16(20-10-11-21-16)12-6-8-18(9-7-12)15(19)5-3-13-2-4-14(17)22-13/h2-5,12H,6-11H2,1H3. The Hall–Kier alpha value is -0.880. The van der Waals surface area contributed by atoms with E-state index in [4.69, 9.17) is 21.1 Å². The molecule has 22 heavy (non-hydrogen) atoms. The molecule has 3 rings (SSSR count). The summed E-state index contributed by atoms with van der Waals surface area (Å²) in [7, 11) is 0. The van der Waals surface area contributed by atoms with Crippen LogP contribution in [0.25, 0.3) is 6.08 Å². The first-order valence-corrected chi connectivity index (χ1v) is 8.76. The number of ether oxygens (including phenoxy) is 2. The summed E-state index contributed by atoms with van der Waals surface area (Å²) >= 11 is 7.35. The highest BCUT2D eigenvalue weighted by Crippen LogP contribution is 2.35. The molecule has 3 heterocycles. The van der Waals surface area contributed by atoms with Crippen LogP contribution in [-0.4, -0.2) is 42.9 Å². The van der Waals surface area contributed by atoms with Gasteiger partial charge in [-0.1, -0.05) is 11.6 Å². The second-order valence-electron chi connectivity index (χ2n) is 5.79. The number of carbonyl (C=O) groups excluding carboxylic acids is 1. The number of halogens is 1. The molecule has 4 nitrogen and oxygen atoms in total. The summed E-state index contributed by atoms with van der Waals surface area (Å²) in [5.74, 6) is -0.0425. The molecule has 0 N–H and O–H groups in total. The van der Waals surface area contributed by atoms with Gasteiger partial charge in [-0.25, -0.2) is 0 Å². The quantitative estimate of drug-likeness (QED) is 0.791. The lowest BCUT2D eigenvalue weighted by molar-refractivity contribution is -0.191. The maximum Gasteiger partial charge on any atom is 0.246 e. The molecule has 0 radical (unpaired) electrons. The molecule has 0 spiro atoms. The molecule has 0 aliphatic carbocycles. The van der Waals surface area contributed by atoms with Gasteiger partial charge in [-0.2, -0.15) is 0 Å². The first-order valence-electron chi connectivity index (χ1n) is 7.57. The third-order valence-corrected chi connectivity index (χ3v) is 5.59. The van der Waals surface area contributed by atoms with Gasteiger partial charge in [0.25, 0.3) is 0 Å². The zero-order valence-electron chi connectivity index (χ0n) is 12.6. The normalized spacial score (nSPS) is 22.5. The first kappa shape index (κ1) is 16.0.